The molecular weight excluding hydrogens is 178 g/mol. The summed E-state index contributed by atoms with van der Waals surface area (Å²) in [7, 11) is 0. The fourth-order valence-corrected chi connectivity index (χ4v) is 0.965. The molecule has 0 aliphatic heterocycles. The van der Waals surface area contributed by atoms with E-state index >= 15 is 0 Å². The van der Waals surface area contributed by atoms with E-state index in [0.29, 0.717) is 0 Å². The van der Waals surface area contributed by atoms with Crippen LogP contribution in [0.1, 0.15) is 5.56 Å². The molecule has 0 spiro atoms. The van der Waals surface area contributed by atoms with Crippen molar-refractivity contribution in [2.75, 3.05) is 13.7 Å². The SMILES string of the molecule is Cc1ccc(OCF)c(OCF)c1. The van der Waals surface area contributed by atoms with E-state index in [2.05, 4.69) is 9.47 Å². The zero-order valence-corrected chi connectivity index (χ0v) is 7.22. The number of ether oxygens (including phenoxy) is 2. The van der Waals surface area contributed by atoms with E-state index in [1.165, 1.54) is 0 Å². The molecule has 0 aliphatic carbocycles. The Balaban J connectivity index is 2.89. The minimum atomic E-state index is -0.953. The van der Waals surface area contributed by atoms with Crippen molar-refractivity contribution in [3.8, 4) is 11.5 Å². The third-order valence-electron chi connectivity index (χ3n) is 1.52. The van der Waals surface area contributed by atoms with Gasteiger partial charge in [-0.2, -0.15) is 0 Å². The molecule has 0 atom stereocenters. The average molecular weight is 188 g/mol. The normalized spacial score (nSPS) is 9.77. The molecular formula is C9H10F2O2. The van der Waals surface area contributed by atoms with Gasteiger partial charge in [0.15, 0.2) is 11.5 Å². The lowest BCUT2D eigenvalue weighted by atomic mass is 10.2. The van der Waals surface area contributed by atoms with Crippen LogP contribution >= 0.6 is 0 Å². The number of benzene rings is 1. The molecule has 0 aromatic heterocycles. The van der Waals surface area contributed by atoms with E-state index in [1.807, 2.05) is 6.92 Å². The van der Waals surface area contributed by atoms with Crippen molar-refractivity contribution in [1.29, 1.82) is 0 Å². The topological polar surface area (TPSA) is 18.5 Å². The third-order valence-corrected chi connectivity index (χ3v) is 1.52. The highest BCUT2D eigenvalue weighted by Crippen LogP contribution is 2.28. The van der Waals surface area contributed by atoms with Gasteiger partial charge in [0.2, 0.25) is 13.7 Å². The second kappa shape index (κ2) is 4.64. The summed E-state index contributed by atoms with van der Waals surface area (Å²) >= 11 is 0. The van der Waals surface area contributed by atoms with Crippen LogP contribution in [-0.4, -0.2) is 13.7 Å². The Morgan fingerprint density at radius 3 is 2.31 bits per heavy atom. The second-order valence-electron chi connectivity index (χ2n) is 2.46. The molecule has 0 fully saturated rings. The summed E-state index contributed by atoms with van der Waals surface area (Å²) in [5.41, 5.74) is 0.898. The van der Waals surface area contributed by atoms with Gasteiger partial charge in [0, 0.05) is 0 Å². The van der Waals surface area contributed by atoms with E-state index < -0.39 is 13.7 Å². The van der Waals surface area contributed by atoms with E-state index in [0.717, 1.165) is 5.56 Å². The van der Waals surface area contributed by atoms with Crippen molar-refractivity contribution in [3.63, 3.8) is 0 Å². The van der Waals surface area contributed by atoms with Gasteiger partial charge in [0.1, 0.15) is 0 Å². The molecule has 2 nitrogen and oxygen atoms in total. The van der Waals surface area contributed by atoms with Crippen molar-refractivity contribution >= 4 is 0 Å². The van der Waals surface area contributed by atoms with Crippen LogP contribution in [-0.2, 0) is 0 Å². The van der Waals surface area contributed by atoms with Gasteiger partial charge in [-0.3, -0.25) is 0 Å². The van der Waals surface area contributed by atoms with Crippen molar-refractivity contribution in [1.82, 2.24) is 0 Å². The summed E-state index contributed by atoms with van der Waals surface area (Å²) in [5.74, 6) is 0.436. The highest BCUT2D eigenvalue weighted by atomic mass is 19.1. The molecule has 1 aromatic carbocycles. The molecule has 0 saturated carbocycles. The highest BCUT2D eigenvalue weighted by molar-refractivity contribution is 5.42. The van der Waals surface area contributed by atoms with E-state index in [1.54, 1.807) is 18.2 Å². The molecule has 1 aromatic rings. The summed E-state index contributed by atoms with van der Waals surface area (Å²) in [6, 6.07) is 4.86. The fraction of sp³-hybridized carbons (Fsp3) is 0.333. The van der Waals surface area contributed by atoms with Crippen molar-refractivity contribution in [2.24, 2.45) is 0 Å². The van der Waals surface area contributed by atoms with Crippen LogP contribution in [0.25, 0.3) is 0 Å². The summed E-state index contributed by atoms with van der Waals surface area (Å²) in [6.07, 6.45) is 0. The number of alkyl halides is 2. The second-order valence-corrected chi connectivity index (χ2v) is 2.46. The van der Waals surface area contributed by atoms with Crippen LogP contribution in [0.5, 0.6) is 11.5 Å². The van der Waals surface area contributed by atoms with Crippen LogP contribution in [0.4, 0.5) is 8.78 Å². The molecule has 1 rings (SSSR count). The Kier molecular flexibility index (Phi) is 3.49. The first-order valence-corrected chi connectivity index (χ1v) is 3.76. The van der Waals surface area contributed by atoms with Gasteiger partial charge in [0.25, 0.3) is 0 Å². The van der Waals surface area contributed by atoms with Crippen LogP contribution in [0, 0.1) is 6.92 Å². The first-order chi connectivity index (χ1) is 6.27. The zero-order chi connectivity index (χ0) is 9.68. The molecule has 4 heteroatoms. The predicted octanol–water partition coefficient (Wildman–Crippen LogP) is 2.61. The predicted molar refractivity (Wildman–Crippen MR) is 44.4 cm³/mol. The number of hydrogen-bond acceptors (Lipinski definition) is 2. The first-order valence-electron chi connectivity index (χ1n) is 3.76. The fourth-order valence-electron chi connectivity index (χ4n) is 0.965. The first kappa shape index (κ1) is 9.77. The smallest absolute Gasteiger partial charge is 0.228 e. The van der Waals surface area contributed by atoms with Crippen LogP contribution in [0.15, 0.2) is 18.2 Å². The zero-order valence-electron chi connectivity index (χ0n) is 7.22. The maximum atomic E-state index is 11.9. The Morgan fingerprint density at radius 2 is 1.69 bits per heavy atom. The monoisotopic (exact) mass is 188 g/mol. The molecule has 0 aliphatic rings. The Bertz CT molecular complexity index is 276. The Hall–Kier alpha value is -1.32. The van der Waals surface area contributed by atoms with E-state index in [4.69, 9.17) is 0 Å². The molecule has 0 radical (unpaired) electrons. The summed E-state index contributed by atoms with van der Waals surface area (Å²) in [5, 5.41) is 0. The van der Waals surface area contributed by atoms with Gasteiger partial charge in [-0.15, -0.1) is 0 Å². The lowest BCUT2D eigenvalue weighted by Gasteiger charge is -2.08. The van der Waals surface area contributed by atoms with Crippen molar-refractivity contribution in [3.05, 3.63) is 23.8 Å². The molecule has 0 heterocycles. The summed E-state index contributed by atoms with van der Waals surface area (Å²) < 4.78 is 32.9. The molecule has 0 bridgehead atoms. The van der Waals surface area contributed by atoms with Crippen molar-refractivity contribution < 1.29 is 18.3 Å². The minimum Gasteiger partial charge on any atom is -0.459 e. The molecule has 0 N–H and O–H groups in total. The largest absolute Gasteiger partial charge is 0.459 e. The molecule has 0 unspecified atom stereocenters. The highest BCUT2D eigenvalue weighted by Gasteiger charge is 2.04. The molecule has 0 amide bonds. The molecule has 72 valence electrons. The Labute approximate surface area is 75.1 Å². The van der Waals surface area contributed by atoms with Gasteiger partial charge in [0.05, 0.1) is 0 Å². The number of halogens is 2. The summed E-state index contributed by atoms with van der Waals surface area (Å²) in [4.78, 5) is 0. The van der Waals surface area contributed by atoms with E-state index in [9.17, 15) is 8.78 Å². The lowest BCUT2D eigenvalue weighted by Crippen LogP contribution is -1.97. The number of hydrogen-bond donors (Lipinski definition) is 0. The van der Waals surface area contributed by atoms with Crippen LogP contribution in [0.2, 0.25) is 0 Å². The maximum Gasteiger partial charge on any atom is 0.228 e. The van der Waals surface area contributed by atoms with Gasteiger partial charge in [-0.25, -0.2) is 8.78 Å². The standard InChI is InChI=1S/C9H10F2O2/c1-7-2-3-8(12-5-10)9(4-7)13-6-11/h2-4H,5-6H2,1H3. The maximum absolute atomic E-state index is 11.9. The van der Waals surface area contributed by atoms with Crippen molar-refractivity contribution in [2.45, 2.75) is 6.92 Å². The molecule has 13 heavy (non-hydrogen) atoms. The number of aryl methyl sites for hydroxylation is 1. The lowest BCUT2D eigenvalue weighted by molar-refractivity contribution is 0.158. The van der Waals surface area contributed by atoms with Gasteiger partial charge in [-0.1, -0.05) is 6.07 Å². The molecule has 0 saturated heterocycles. The Morgan fingerprint density at radius 1 is 1.08 bits per heavy atom. The van der Waals surface area contributed by atoms with Gasteiger partial charge >= 0.3 is 0 Å². The quantitative estimate of drug-likeness (QED) is 0.723. The van der Waals surface area contributed by atoms with Crippen LogP contribution in [0.3, 0.4) is 0 Å². The minimum absolute atomic E-state index is 0.214. The van der Waals surface area contributed by atoms with Gasteiger partial charge in [-0.05, 0) is 24.6 Å². The third kappa shape index (κ3) is 2.57. The number of rotatable bonds is 4. The van der Waals surface area contributed by atoms with Crippen LogP contribution < -0.4 is 9.47 Å². The van der Waals surface area contributed by atoms with E-state index in [-0.39, 0.29) is 11.5 Å². The van der Waals surface area contributed by atoms with Gasteiger partial charge < -0.3 is 9.47 Å². The summed E-state index contributed by atoms with van der Waals surface area (Å²) in [6.45, 7) is -0.0812. The average Bonchev–Trinajstić information content (AvgIpc) is 2.10.